The zero-order valence-corrected chi connectivity index (χ0v) is 36.0. The molecule has 3 heterocycles. The zero-order chi connectivity index (χ0) is 45.2. The third-order valence-electron chi connectivity index (χ3n) is 11.0. The molecule has 3 N–H and O–H groups in total. The third kappa shape index (κ3) is 11.5. The molecule has 1 aliphatic heterocycles. The van der Waals surface area contributed by atoms with E-state index in [9.17, 15) is 33.6 Å². The number of hydrogen-bond donors (Lipinski definition) is 3. The van der Waals surface area contributed by atoms with Gasteiger partial charge in [-0.05, 0) is 111 Å². The lowest BCUT2D eigenvalue weighted by atomic mass is 9.92. The maximum atomic E-state index is 13.4. The lowest BCUT2D eigenvalue weighted by molar-refractivity contribution is -0.132. The van der Waals surface area contributed by atoms with E-state index in [0.29, 0.717) is 65.8 Å². The van der Waals surface area contributed by atoms with Gasteiger partial charge in [0, 0.05) is 67.2 Å². The van der Waals surface area contributed by atoms with Gasteiger partial charge in [-0.2, -0.15) is 0 Å². The lowest BCUT2D eigenvalue weighted by Gasteiger charge is -2.27. The molecule has 1 aliphatic carbocycles. The van der Waals surface area contributed by atoms with Crippen LogP contribution < -0.4 is 20.7 Å². The minimum atomic E-state index is -0.954. The Morgan fingerprint density at radius 3 is 2.45 bits per heavy atom. The number of rotatable bonds is 19. The first-order valence-corrected chi connectivity index (χ1v) is 21.6. The van der Waals surface area contributed by atoms with E-state index in [-0.39, 0.29) is 60.0 Å². The van der Waals surface area contributed by atoms with Gasteiger partial charge in [0.25, 0.3) is 17.7 Å². The first-order valence-electron chi connectivity index (χ1n) is 21.2. The molecule has 0 bridgehead atoms. The molecule has 330 valence electrons. The number of fused-ring (bicyclic) bond motifs is 1. The quantitative estimate of drug-likeness (QED) is 0.0420. The number of anilines is 2. The van der Waals surface area contributed by atoms with Crippen molar-refractivity contribution in [3.05, 3.63) is 124 Å². The van der Waals surface area contributed by atoms with Crippen molar-refractivity contribution >= 4 is 64.1 Å². The molecule has 2 aliphatic rings. The highest BCUT2D eigenvalue weighted by molar-refractivity contribution is 6.31. The number of amides is 5. The fourth-order valence-corrected chi connectivity index (χ4v) is 7.77. The molecule has 1 saturated carbocycles. The van der Waals surface area contributed by atoms with Gasteiger partial charge in [0.15, 0.2) is 5.78 Å². The van der Waals surface area contributed by atoms with Gasteiger partial charge in [-0.15, -0.1) is 5.10 Å². The van der Waals surface area contributed by atoms with Crippen LogP contribution >= 0.6 is 11.6 Å². The summed E-state index contributed by atoms with van der Waals surface area (Å²) in [4.78, 5) is 94.1. The molecule has 1 fully saturated rings. The van der Waals surface area contributed by atoms with Crippen LogP contribution in [-0.2, 0) is 33.8 Å². The van der Waals surface area contributed by atoms with Gasteiger partial charge < -0.3 is 20.7 Å². The number of unbranched alkanes of at least 4 members (excludes halogenated alkanes) is 3. The number of ether oxygens (including phenoxy) is 1. The number of nitrogens with one attached hydrogen (secondary N) is 3. The zero-order valence-electron chi connectivity index (χ0n) is 35.2. The van der Waals surface area contributed by atoms with Crippen molar-refractivity contribution in [1.82, 2.24) is 30.2 Å². The lowest BCUT2D eigenvalue weighted by Crippen LogP contribution is -2.47. The number of Topliss-reactive ketones (excluding diaryl/α,β-unsaturated/α-hetero) is 3. The summed E-state index contributed by atoms with van der Waals surface area (Å²) in [5.74, 6) is -1.19. The molecular weight excluding hydrogens is 840 g/mol. The Hall–Kier alpha value is -7.07. The Kier molecular flexibility index (Phi) is 14.7. The molecule has 2 aromatic heterocycles. The van der Waals surface area contributed by atoms with Crippen molar-refractivity contribution in [3.63, 3.8) is 0 Å². The average Bonchev–Trinajstić information content (AvgIpc) is 3.83. The van der Waals surface area contributed by atoms with Crippen LogP contribution in [0.2, 0.25) is 5.02 Å². The van der Waals surface area contributed by atoms with E-state index in [0.717, 1.165) is 41.8 Å². The van der Waals surface area contributed by atoms with Crippen molar-refractivity contribution < 1.29 is 38.3 Å². The highest BCUT2D eigenvalue weighted by Gasteiger charge is 2.45. The number of aromatic nitrogens is 4. The van der Waals surface area contributed by atoms with Crippen LogP contribution in [0.5, 0.6) is 11.5 Å². The summed E-state index contributed by atoms with van der Waals surface area (Å²) in [7, 11) is 0. The molecular formula is C47H47ClN8O8. The molecule has 3 aromatic carbocycles. The normalized spacial score (nSPS) is 14.7. The van der Waals surface area contributed by atoms with Crippen molar-refractivity contribution in [3.8, 4) is 11.5 Å². The summed E-state index contributed by atoms with van der Waals surface area (Å²) in [6.45, 7) is 2.95. The van der Waals surface area contributed by atoms with Gasteiger partial charge in [0.05, 0.1) is 29.3 Å². The number of benzene rings is 3. The highest BCUT2D eigenvalue weighted by Crippen LogP contribution is 2.32. The first kappa shape index (κ1) is 45.0. The van der Waals surface area contributed by atoms with E-state index in [4.69, 9.17) is 16.3 Å². The van der Waals surface area contributed by atoms with Gasteiger partial charge in [0.2, 0.25) is 0 Å². The molecule has 1 atom stereocenters. The smallest absolute Gasteiger partial charge is 0.323 e. The second kappa shape index (κ2) is 20.9. The van der Waals surface area contributed by atoms with E-state index in [1.54, 1.807) is 71.4 Å². The van der Waals surface area contributed by atoms with Crippen molar-refractivity contribution in [1.29, 1.82) is 0 Å². The summed E-state index contributed by atoms with van der Waals surface area (Å²) < 4.78 is 7.71. The van der Waals surface area contributed by atoms with Crippen LogP contribution in [0.4, 0.5) is 16.2 Å². The number of pyridine rings is 1. The van der Waals surface area contributed by atoms with E-state index >= 15 is 0 Å². The maximum Gasteiger partial charge on any atom is 0.323 e. The minimum Gasteiger partial charge on any atom is -0.457 e. The molecule has 16 nitrogen and oxygen atoms in total. The standard InChI is InChI=1S/C47H47ClN8O8/c1-29-24-32(14-18-39(29)48)52-47(63)51-31-12-16-36(17-13-31)64-37-20-22-49-40(27-37)44(60)50-21-5-4-9-33-28-55(54-53-33)23-6-2-3-10-34(57)25-30-8-7-11-38-43(30)46(62)56(45(38)61)41-19-15-35(58)26-42(41)59/h7-8,11-14,16-18,20,22,24,27-28,41H,2-6,9-10,15,19,21,23,25-26H2,1H3,(H,50,60)(H2,51,52,63). The third-order valence-corrected chi connectivity index (χ3v) is 11.4. The molecule has 64 heavy (non-hydrogen) atoms. The van der Waals surface area contributed by atoms with Crippen LogP contribution in [0.3, 0.4) is 0 Å². The van der Waals surface area contributed by atoms with Crippen LogP contribution in [-0.4, -0.2) is 78.6 Å². The number of imide groups is 1. The topological polar surface area (TPSA) is 212 Å². The monoisotopic (exact) mass is 886 g/mol. The van der Waals surface area contributed by atoms with Gasteiger partial charge in [0.1, 0.15) is 28.8 Å². The molecule has 0 radical (unpaired) electrons. The summed E-state index contributed by atoms with van der Waals surface area (Å²) in [6.07, 6.45) is 8.14. The molecule has 5 amide bonds. The Morgan fingerprint density at radius 1 is 0.859 bits per heavy atom. The summed E-state index contributed by atoms with van der Waals surface area (Å²) in [5, 5.41) is 17.5. The van der Waals surface area contributed by atoms with Gasteiger partial charge in [-0.3, -0.25) is 43.3 Å². The highest BCUT2D eigenvalue weighted by atomic mass is 35.5. The number of carbonyl (C=O) groups is 7. The summed E-state index contributed by atoms with van der Waals surface area (Å²) in [6, 6.07) is 18.7. The Balaban J connectivity index is 0.762. The second-order valence-electron chi connectivity index (χ2n) is 15.8. The van der Waals surface area contributed by atoms with Gasteiger partial charge in [-0.1, -0.05) is 35.4 Å². The predicted octanol–water partition coefficient (Wildman–Crippen LogP) is 7.48. The van der Waals surface area contributed by atoms with Crippen molar-refractivity contribution in [2.45, 2.75) is 90.1 Å². The maximum absolute atomic E-state index is 13.4. The number of hydrogen-bond acceptors (Lipinski definition) is 11. The van der Waals surface area contributed by atoms with Crippen LogP contribution in [0.15, 0.2) is 85.2 Å². The van der Waals surface area contributed by atoms with Gasteiger partial charge in [-0.25, -0.2) is 4.79 Å². The predicted molar refractivity (Wildman–Crippen MR) is 237 cm³/mol. The summed E-state index contributed by atoms with van der Waals surface area (Å²) >= 11 is 6.06. The van der Waals surface area contributed by atoms with Crippen molar-refractivity contribution in [2.24, 2.45) is 0 Å². The Bertz CT molecular complexity index is 2590. The number of urea groups is 1. The number of halogens is 1. The van der Waals surface area contributed by atoms with E-state index in [2.05, 4.69) is 31.2 Å². The Labute approximate surface area is 374 Å². The first-order chi connectivity index (χ1) is 30.9. The number of aryl methyl sites for hydroxylation is 3. The fraction of sp³-hybridized carbons (Fsp3) is 0.319. The minimum absolute atomic E-state index is 0.00927. The van der Waals surface area contributed by atoms with Crippen LogP contribution in [0, 0.1) is 6.92 Å². The molecule has 0 saturated heterocycles. The number of carbonyl (C=O) groups excluding carboxylic acids is 7. The van der Waals surface area contributed by atoms with E-state index in [1.807, 2.05) is 13.1 Å². The second-order valence-corrected chi connectivity index (χ2v) is 16.2. The Morgan fingerprint density at radius 2 is 1.66 bits per heavy atom. The van der Waals surface area contributed by atoms with Crippen LogP contribution in [0.1, 0.15) is 106 Å². The number of nitrogens with zero attached hydrogens (tertiary/aromatic N) is 5. The summed E-state index contributed by atoms with van der Waals surface area (Å²) in [5.41, 5.74) is 3.92. The fourth-order valence-electron chi connectivity index (χ4n) is 7.65. The molecule has 0 spiro atoms. The largest absolute Gasteiger partial charge is 0.457 e. The average molecular weight is 887 g/mol. The number of ketones is 3. The van der Waals surface area contributed by atoms with Crippen molar-refractivity contribution in [2.75, 3.05) is 17.2 Å². The SMILES string of the molecule is Cc1cc(NC(=O)Nc2ccc(Oc3ccnc(C(=O)NCCCCc4cn(CCCCCC(=O)Cc5cccc6c5C(=O)N(C5CCC(=O)CC5=O)C6=O)nn4)c3)cc2)ccc1Cl. The molecule has 7 rings (SSSR count). The molecule has 1 unspecified atom stereocenters. The van der Waals surface area contributed by atoms with Gasteiger partial charge >= 0.3 is 6.03 Å². The van der Waals surface area contributed by atoms with E-state index in [1.165, 1.54) is 12.3 Å². The molecule has 5 aromatic rings. The molecule has 17 heteroatoms. The van der Waals surface area contributed by atoms with Crippen LogP contribution in [0.25, 0.3) is 0 Å². The van der Waals surface area contributed by atoms with E-state index < -0.39 is 29.7 Å².